The summed E-state index contributed by atoms with van der Waals surface area (Å²) in [6, 6.07) is 3.45. The lowest BCUT2D eigenvalue weighted by Gasteiger charge is -2.18. The highest BCUT2D eigenvalue weighted by molar-refractivity contribution is 8.03. The summed E-state index contributed by atoms with van der Waals surface area (Å²) in [5.74, 6) is -0.233. The molecule has 2 heterocycles. The van der Waals surface area contributed by atoms with Gasteiger partial charge >= 0.3 is 11.7 Å². The van der Waals surface area contributed by atoms with Gasteiger partial charge in [-0.05, 0) is 18.6 Å². The summed E-state index contributed by atoms with van der Waals surface area (Å²) >= 11 is 7.02. The summed E-state index contributed by atoms with van der Waals surface area (Å²) in [6.45, 7) is 2.73. The Morgan fingerprint density at radius 3 is 2.95 bits per heavy atom. The molecule has 0 bridgehead atoms. The zero-order valence-corrected chi connectivity index (χ0v) is 13.4. The maximum atomic E-state index is 11.8. The molecule has 1 aromatic heterocycles. The topological polar surface area (TPSA) is 85.6 Å². The van der Waals surface area contributed by atoms with Crippen molar-refractivity contribution in [1.29, 1.82) is 0 Å². The van der Waals surface area contributed by atoms with Gasteiger partial charge in [-0.15, -0.1) is 0 Å². The van der Waals surface area contributed by atoms with E-state index in [1.807, 2.05) is 0 Å². The first-order valence-corrected chi connectivity index (χ1v) is 7.93. The average Bonchev–Trinajstić information content (AvgIpc) is 2.89. The third-order valence-corrected chi connectivity index (χ3v) is 4.24. The van der Waals surface area contributed by atoms with Crippen molar-refractivity contribution in [3.63, 3.8) is 0 Å². The van der Waals surface area contributed by atoms with Crippen LogP contribution < -0.4 is 0 Å². The molecular weight excluding hydrogens is 330 g/mol. The number of aromatic nitrogens is 1. The fourth-order valence-corrected chi connectivity index (χ4v) is 3.22. The van der Waals surface area contributed by atoms with E-state index in [2.05, 4.69) is 4.98 Å². The average molecular weight is 344 g/mol. The minimum Gasteiger partial charge on any atom is -0.458 e. The molecule has 22 heavy (non-hydrogen) atoms. The minimum atomic E-state index is -0.906. The standard InChI is InChI=1S/C13H14ClN3O4S/c1-2-21-13(18)11(17(19)20)12-16(5-6-22-12)8-9-3-4-10(14)15-7-9/h3-4,7H,2,5-6,8H2,1H3/b12-11-. The van der Waals surface area contributed by atoms with Crippen LogP contribution in [0.4, 0.5) is 0 Å². The quantitative estimate of drug-likeness (QED) is 0.266. The Hall–Kier alpha value is -1.80. The van der Waals surface area contributed by atoms with E-state index in [1.54, 1.807) is 30.2 Å². The van der Waals surface area contributed by atoms with Gasteiger partial charge in [0.25, 0.3) is 0 Å². The van der Waals surface area contributed by atoms with Crippen LogP contribution in [-0.2, 0) is 16.1 Å². The number of carbonyl (C=O) groups excluding carboxylic acids is 1. The molecule has 0 radical (unpaired) electrons. The molecule has 0 amide bonds. The van der Waals surface area contributed by atoms with Gasteiger partial charge in [0.15, 0.2) is 5.03 Å². The molecule has 0 N–H and O–H groups in total. The van der Waals surface area contributed by atoms with Crippen LogP contribution >= 0.6 is 23.4 Å². The first-order valence-electron chi connectivity index (χ1n) is 6.57. The largest absolute Gasteiger partial charge is 0.458 e. The number of halogens is 1. The first kappa shape index (κ1) is 16.6. The fraction of sp³-hybridized carbons (Fsp3) is 0.385. The number of hydrogen-bond acceptors (Lipinski definition) is 7. The van der Waals surface area contributed by atoms with E-state index in [1.165, 1.54) is 11.8 Å². The summed E-state index contributed by atoms with van der Waals surface area (Å²) in [6.07, 6.45) is 1.61. The molecule has 0 spiro atoms. The van der Waals surface area contributed by atoms with Crippen molar-refractivity contribution in [3.05, 3.63) is 49.9 Å². The van der Waals surface area contributed by atoms with Gasteiger partial charge in [-0.25, -0.2) is 9.78 Å². The molecule has 7 nitrogen and oxygen atoms in total. The van der Waals surface area contributed by atoms with Crippen LogP contribution in [0.5, 0.6) is 0 Å². The van der Waals surface area contributed by atoms with Gasteiger partial charge in [-0.1, -0.05) is 29.4 Å². The number of nitro groups is 1. The summed E-state index contributed by atoms with van der Waals surface area (Å²) in [7, 11) is 0. The molecule has 1 aliphatic rings. The molecule has 9 heteroatoms. The number of rotatable bonds is 5. The van der Waals surface area contributed by atoms with Crippen molar-refractivity contribution in [2.45, 2.75) is 13.5 Å². The molecule has 118 valence electrons. The second-order valence-electron chi connectivity index (χ2n) is 4.39. The third kappa shape index (κ3) is 3.89. The zero-order chi connectivity index (χ0) is 16.1. The van der Waals surface area contributed by atoms with E-state index in [9.17, 15) is 14.9 Å². The highest BCUT2D eigenvalue weighted by Gasteiger charge is 2.35. The summed E-state index contributed by atoms with van der Waals surface area (Å²) in [5.41, 5.74) is 0.349. The van der Waals surface area contributed by atoms with Gasteiger partial charge in [0.2, 0.25) is 0 Å². The molecule has 0 saturated carbocycles. The molecule has 2 rings (SSSR count). The van der Waals surface area contributed by atoms with E-state index in [0.717, 1.165) is 5.56 Å². The second kappa shape index (κ2) is 7.46. The SMILES string of the molecule is CCOC(=O)/C(=C1/SCCN1Cc1ccc(Cl)nc1)[N+](=O)[O-]. The van der Waals surface area contributed by atoms with Gasteiger partial charge in [0.1, 0.15) is 5.15 Å². The Bertz CT molecular complexity index is 606. The Balaban J connectivity index is 2.26. The van der Waals surface area contributed by atoms with Crippen molar-refractivity contribution in [1.82, 2.24) is 9.88 Å². The van der Waals surface area contributed by atoms with Gasteiger partial charge in [-0.2, -0.15) is 0 Å². The Morgan fingerprint density at radius 2 is 2.36 bits per heavy atom. The normalized spacial score (nSPS) is 16.5. The lowest BCUT2D eigenvalue weighted by Crippen LogP contribution is -2.24. The Labute approximate surface area is 136 Å². The maximum absolute atomic E-state index is 11.8. The molecule has 1 aromatic rings. The van der Waals surface area contributed by atoms with Crippen molar-refractivity contribution in [2.24, 2.45) is 0 Å². The predicted molar refractivity (Wildman–Crippen MR) is 82.8 cm³/mol. The van der Waals surface area contributed by atoms with Gasteiger partial charge in [0, 0.05) is 25.0 Å². The Kier molecular flexibility index (Phi) is 5.62. The molecule has 0 atom stereocenters. The smallest absolute Gasteiger partial charge is 0.412 e. The van der Waals surface area contributed by atoms with Gasteiger partial charge < -0.3 is 9.64 Å². The number of pyridine rings is 1. The molecule has 0 unspecified atom stereocenters. The molecule has 1 saturated heterocycles. The summed E-state index contributed by atoms with van der Waals surface area (Å²) < 4.78 is 4.78. The van der Waals surface area contributed by atoms with Crippen molar-refractivity contribution < 1.29 is 14.5 Å². The number of thioether (sulfide) groups is 1. The monoisotopic (exact) mass is 343 g/mol. The van der Waals surface area contributed by atoms with Crippen LogP contribution in [0.15, 0.2) is 29.1 Å². The van der Waals surface area contributed by atoms with E-state index >= 15 is 0 Å². The van der Waals surface area contributed by atoms with Crippen molar-refractivity contribution in [3.8, 4) is 0 Å². The van der Waals surface area contributed by atoms with Crippen LogP contribution in [0.2, 0.25) is 5.15 Å². The van der Waals surface area contributed by atoms with Crippen molar-refractivity contribution in [2.75, 3.05) is 18.9 Å². The molecule has 0 aliphatic carbocycles. The fourth-order valence-electron chi connectivity index (χ4n) is 1.97. The lowest BCUT2D eigenvalue weighted by atomic mass is 10.2. The van der Waals surface area contributed by atoms with Crippen LogP contribution in [-0.4, -0.2) is 39.7 Å². The van der Waals surface area contributed by atoms with E-state index < -0.39 is 16.6 Å². The van der Waals surface area contributed by atoms with Gasteiger partial charge in [-0.3, -0.25) is 10.1 Å². The minimum absolute atomic E-state index is 0.0925. The number of esters is 1. The maximum Gasteiger partial charge on any atom is 0.412 e. The summed E-state index contributed by atoms with van der Waals surface area (Å²) in [4.78, 5) is 28.1. The molecule has 1 fully saturated rings. The van der Waals surface area contributed by atoms with Crippen LogP contribution in [0.3, 0.4) is 0 Å². The first-order chi connectivity index (χ1) is 10.5. The lowest BCUT2D eigenvalue weighted by molar-refractivity contribution is -0.422. The molecule has 1 aliphatic heterocycles. The van der Waals surface area contributed by atoms with Crippen LogP contribution in [0.1, 0.15) is 12.5 Å². The number of hydrogen-bond donors (Lipinski definition) is 0. The molecular formula is C13H14ClN3O4S. The highest BCUT2D eigenvalue weighted by atomic mass is 35.5. The number of carbonyl (C=O) groups is 1. The zero-order valence-electron chi connectivity index (χ0n) is 11.8. The van der Waals surface area contributed by atoms with Gasteiger partial charge in [0.05, 0.1) is 11.5 Å². The van der Waals surface area contributed by atoms with Crippen LogP contribution in [0, 0.1) is 10.1 Å². The van der Waals surface area contributed by atoms with E-state index in [4.69, 9.17) is 16.3 Å². The number of nitrogens with zero attached hydrogens (tertiary/aromatic N) is 3. The predicted octanol–water partition coefficient (Wildman–Crippen LogP) is 2.29. The van der Waals surface area contributed by atoms with E-state index in [-0.39, 0.29) is 6.61 Å². The third-order valence-electron chi connectivity index (χ3n) is 2.90. The second-order valence-corrected chi connectivity index (χ2v) is 5.86. The summed E-state index contributed by atoms with van der Waals surface area (Å²) in [5, 5.41) is 11.9. The highest BCUT2D eigenvalue weighted by Crippen LogP contribution is 2.32. The van der Waals surface area contributed by atoms with Crippen molar-refractivity contribution >= 4 is 29.3 Å². The van der Waals surface area contributed by atoms with Crippen LogP contribution in [0.25, 0.3) is 0 Å². The van der Waals surface area contributed by atoms with E-state index in [0.29, 0.717) is 29.0 Å². The Morgan fingerprint density at radius 1 is 1.59 bits per heavy atom. The molecule has 0 aromatic carbocycles. The number of ether oxygens (including phenoxy) is 1.